The number of carbonyl (C=O) groups excluding carboxylic acids is 1. The summed E-state index contributed by atoms with van der Waals surface area (Å²) in [6.07, 6.45) is 5.20. The maximum Gasteiger partial charge on any atom is 0.330 e. The molecule has 0 spiro atoms. The summed E-state index contributed by atoms with van der Waals surface area (Å²) in [6, 6.07) is 16.2. The van der Waals surface area contributed by atoms with Gasteiger partial charge in [-0.3, -0.25) is 0 Å². The van der Waals surface area contributed by atoms with E-state index in [0.717, 1.165) is 35.7 Å². The van der Waals surface area contributed by atoms with Crippen LogP contribution < -0.4 is 9.47 Å². The summed E-state index contributed by atoms with van der Waals surface area (Å²) >= 11 is 0. The average molecular weight is 425 g/mol. The zero-order valence-electron chi connectivity index (χ0n) is 19.6. The third-order valence-corrected chi connectivity index (χ3v) is 4.85. The molecule has 0 saturated carbocycles. The first-order valence-electron chi connectivity index (χ1n) is 11.0. The van der Waals surface area contributed by atoms with Crippen molar-refractivity contribution in [3.63, 3.8) is 0 Å². The van der Waals surface area contributed by atoms with Gasteiger partial charge in [0.25, 0.3) is 0 Å². The lowest BCUT2D eigenvalue weighted by Gasteiger charge is -2.34. The molecule has 0 aliphatic rings. The number of unbranched alkanes of at least 4 members (excludes halogenated alkanes) is 2. The van der Waals surface area contributed by atoms with Crippen molar-refractivity contribution in [2.45, 2.75) is 71.5 Å². The van der Waals surface area contributed by atoms with Crippen molar-refractivity contribution in [3.05, 3.63) is 61.2 Å². The minimum Gasteiger partial charge on any atom is -0.494 e. The van der Waals surface area contributed by atoms with Crippen molar-refractivity contribution < 1.29 is 19.0 Å². The van der Waals surface area contributed by atoms with Gasteiger partial charge in [-0.25, -0.2) is 4.79 Å². The predicted octanol–water partition coefficient (Wildman–Crippen LogP) is 6.98. The number of hydrogen-bond acceptors (Lipinski definition) is 4. The molecule has 4 nitrogen and oxygen atoms in total. The zero-order chi connectivity index (χ0) is 22.9. The van der Waals surface area contributed by atoms with Crippen molar-refractivity contribution in [3.8, 4) is 22.6 Å². The van der Waals surface area contributed by atoms with E-state index < -0.39 is 17.2 Å². The molecule has 0 aliphatic heterocycles. The summed E-state index contributed by atoms with van der Waals surface area (Å²) in [7, 11) is 0. The average Bonchev–Trinajstić information content (AvgIpc) is 2.70. The smallest absolute Gasteiger partial charge is 0.330 e. The van der Waals surface area contributed by atoms with E-state index >= 15 is 0 Å². The number of esters is 1. The molecule has 0 unspecified atom stereocenters. The van der Waals surface area contributed by atoms with Gasteiger partial charge in [0, 0.05) is 12.5 Å². The van der Waals surface area contributed by atoms with Gasteiger partial charge < -0.3 is 14.2 Å². The van der Waals surface area contributed by atoms with Gasteiger partial charge in [-0.05, 0) is 69.5 Å². The molecular weight excluding hydrogens is 388 g/mol. The van der Waals surface area contributed by atoms with Crippen molar-refractivity contribution in [1.29, 1.82) is 0 Å². The lowest BCUT2D eigenvalue weighted by atomic mass is 9.92. The highest BCUT2D eigenvalue weighted by molar-refractivity contribution is 5.81. The van der Waals surface area contributed by atoms with E-state index in [0.29, 0.717) is 6.42 Å². The van der Waals surface area contributed by atoms with Crippen LogP contribution in [0.3, 0.4) is 0 Å². The number of benzene rings is 2. The molecule has 0 saturated heterocycles. The quantitative estimate of drug-likeness (QED) is 0.209. The van der Waals surface area contributed by atoms with Crippen LogP contribution in [-0.4, -0.2) is 23.8 Å². The minimum atomic E-state index is -0.658. The standard InChI is InChI=1S/C27H36O4/c1-7-9-10-19-29-23-15-11-21(12-16-23)22-13-17-24(18-14-22)30-26(3,4)20-27(5,6)31-25(28)8-2/h8,11-18H,2,7,9-10,19-20H2,1,3-6H3. The predicted molar refractivity (Wildman–Crippen MR) is 127 cm³/mol. The monoisotopic (exact) mass is 424 g/mol. The van der Waals surface area contributed by atoms with Crippen LogP contribution in [0.1, 0.15) is 60.3 Å². The van der Waals surface area contributed by atoms with Crippen molar-refractivity contribution in [1.82, 2.24) is 0 Å². The molecule has 0 fully saturated rings. The van der Waals surface area contributed by atoms with E-state index in [1.54, 1.807) is 0 Å². The molecule has 2 aromatic rings. The largest absolute Gasteiger partial charge is 0.494 e. The van der Waals surface area contributed by atoms with Crippen LogP contribution in [-0.2, 0) is 9.53 Å². The number of hydrogen-bond donors (Lipinski definition) is 0. The van der Waals surface area contributed by atoms with Gasteiger partial charge in [0.1, 0.15) is 22.7 Å². The van der Waals surface area contributed by atoms with Crippen LogP contribution in [0.5, 0.6) is 11.5 Å². The van der Waals surface area contributed by atoms with E-state index in [1.807, 2.05) is 64.1 Å². The molecule has 2 rings (SSSR count). The van der Waals surface area contributed by atoms with Crippen molar-refractivity contribution in [2.75, 3.05) is 6.61 Å². The fraction of sp³-hybridized carbons (Fsp3) is 0.444. The Kier molecular flexibility index (Phi) is 8.73. The lowest BCUT2D eigenvalue weighted by Crippen LogP contribution is -2.40. The Morgan fingerprint density at radius 2 is 1.42 bits per heavy atom. The van der Waals surface area contributed by atoms with E-state index in [1.165, 1.54) is 18.9 Å². The van der Waals surface area contributed by atoms with E-state index in [4.69, 9.17) is 14.2 Å². The molecule has 0 aliphatic carbocycles. The molecule has 0 N–H and O–H groups in total. The second-order valence-electron chi connectivity index (χ2n) is 9.03. The van der Waals surface area contributed by atoms with Crippen molar-refractivity contribution in [2.24, 2.45) is 0 Å². The van der Waals surface area contributed by atoms with E-state index in [-0.39, 0.29) is 0 Å². The zero-order valence-corrected chi connectivity index (χ0v) is 19.6. The summed E-state index contributed by atoms with van der Waals surface area (Å²) in [6.45, 7) is 14.1. The van der Waals surface area contributed by atoms with Gasteiger partial charge in [0.15, 0.2) is 0 Å². The molecule has 0 aromatic heterocycles. The maximum absolute atomic E-state index is 11.6. The molecule has 0 bridgehead atoms. The Labute approximate surface area is 187 Å². The van der Waals surface area contributed by atoms with Crippen LogP contribution in [0.25, 0.3) is 11.1 Å². The first-order valence-corrected chi connectivity index (χ1v) is 11.0. The third kappa shape index (κ3) is 8.49. The SMILES string of the molecule is C=CC(=O)OC(C)(C)CC(C)(C)Oc1ccc(-c2ccc(OCCCCC)cc2)cc1. The van der Waals surface area contributed by atoms with E-state index in [9.17, 15) is 4.79 Å². The minimum absolute atomic E-state index is 0.428. The van der Waals surface area contributed by atoms with Gasteiger partial charge in [-0.15, -0.1) is 0 Å². The van der Waals surface area contributed by atoms with Gasteiger partial charge in [-0.2, -0.15) is 0 Å². The fourth-order valence-electron chi connectivity index (χ4n) is 3.73. The first-order chi connectivity index (χ1) is 14.6. The summed E-state index contributed by atoms with van der Waals surface area (Å²) in [5.74, 6) is 1.25. The van der Waals surface area contributed by atoms with Crippen LogP contribution >= 0.6 is 0 Å². The highest BCUT2D eigenvalue weighted by Gasteiger charge is 2.33. The molecule has 2 aromatic carbocycles. The fourth-order valence-corrected chi connectivity index (χ4v) is 3.73. The third-order valence-electron chi connectivity index (χ3n) is 4.85. The molecule has 168 valence electrons. The molecule has 0 heterocycles. The number of carbonyl (C=O) groups is 1. The van der Waals surface area contributed by atoms with Gasteiger partial charge in [0.05, 0.1) is 6.61 Å². The molecular formula is C27H36O4. The summed E-state index contributed by atoms with van der Waals surface area (Å²) in [5.41, 5.74) is 1.07. The van der Waals surface area contributed by atoms with Crippen LogP contribution in [0, 0.1) is 0 Å². The molecule has 31 heavy (non-hydrogen) atoms. The number of rotatable bonds is 12. The molecule has 0 amide bonds. The second-order valence-corrected chi connectivity index (χ2v) is 9.03. The second kappa shape index (κ2) is 11.0. The van der Waals surface area contributed by atoms with Crippen molar-refractivity contribution >= 4 is 5.97 Å². The highest BCUT2D eigenvalue weighted by Crippen LogP contribution is 2.30. The Morgan fingerprint density at radius 3 is 1.94 bits per heavy atom. The summed E-state index contributed by atoms with van der Waals surface area (Å²) < 4.78 is 17.4. The van der Waals surface area contributed by atoms with E-state index in [2.05, 4.69) is 25.6 Å². The van der Waals surface area contributed by atoms with Gasteiger partial charge >= 0.3 is 5.97 Å². The van der Waals surface area contributed by atoms with Crippen LogP contribution in [0.2, 0.25) is 0 Å². The molecule has 0 radical (unpaired) electrons. The first kappa shape index (κ1) is 24.5. The topological polar surface area (TPSA) is 44.8 Å². The Bertz CT molecular complexity index is 833. The normalized spacial score (nSPS) is 11.6. The Balaban J connectivity index is 1.96. The summed E-state index contributed by atoms with van der Waals surface area (Å²) in [4.78, 5) is 11.6. The molecule has 0 atom stereocenters. The van der Waals surface area contributed by atoms with Crippen LogP contribution in [0.4, 0.5) is 0 Å². The number of ether oxygens (including phenoxy) is 3. The summed E-state index contributed by atoms with van der Waals surface area (Å²) in [5, 5.41) is 0. The lowest BCUT2D eigenvalue weighted by molar-refractivity contribution is -0.154. The van der Waals surface area contributed by atoms with Crippen LogP contribution in [0.15, 0.2) is 61.2 Å². The maximum atomic E-state index is 11.6. The van der Waals surface area contributed by atoms with Gasteiger partial charge in [0.2, 0.25) is 0 Å². The highest BCUT2D eigenvalue weighted by atomic mass is 16.6. The Morgan fingerprint density at radius 1 is 0.871 bits per heavy atom. The Hall–Kier alpha value is -2.75. The van der Waals surface area contributed by atoms with Gasteiger partial charge in [-0.1, -0.05) is 50.6 Å². The molecule has 4 heteroatoms.